The van der Waals surface area contributed by atoms with Crippen LogP contribution in [0.2, 0.25) is 0 Å². The van der Waals surface area contributed by atoms with Crippen molar-refractivity contribution in [1.82, 2.24) is 0 Å². The maximum absolute atomic E-state index is 6.06. The number of rotatable bonds is 3. The van der Waals surface area contributed by atoms with E-state index in [1.807, 2.05) is 6.07 Å². The Morgan fingerprint density at radius 2 is 1.90 bits per heavy atom. The highest BCUT2D eigenvalue weighted by atomic mass is 16.5. The molecule has 0 radical (unpaired) electrons. The summed E-state index contributed by atoms with van der Waals surface area (Å²) in [5.41, 5.74) is 12.5. The molecule has 2 heteroatoms. The van der Waals surface area contributed by atoms with Crippen molar-refractivity contribution in [2.45, 2.75) is 39.3 Å². The molecule has 0 unspecified atom stereocenters. The summed E-state index contributed by atoms with van der Waals surface area (Å²) in [7, 11) is 0. The van der Waals surface area contributed by atoms with Crippen LogP contribution in [0.25, 0.3) is 0 Å². The third-order valence-electron chi connectivity index (χ3n) is 4.27. The van der Waals surface area contributed by atoms with Gasteiger partial charge in [-0.15, -0.1) is 0 Å². The summed E-state index contributed by atoms with van der Waals surface area (Å²) in [6.07, 6.45) is 2.12. The van der Waals surface area contributed by atoms with Crippen LogP contribution in [0.1, 0.15) is 40.3 Å². The quantitative estimate of drug-likeness (QED) is 0.917. The Balaban J connectivity index is 1.76. The minimum absolute atomic E-state index is 0.206. The molecule has 1 aliphatic carbocycles. The third kappa shape index (κ3) is 2.44. The molecule has 2 N–H and O–H groups in total. The van der Waals surface area contributed by atoms with Gasteiger partial charge in [0.2, 0.25) is 0 Å². The maximum atomic E-state index is 6.06. The van der Waals surface area contributed by atoms with Crippen LogP contribution in [0, 0.1) is 13.8 Å². The molecule has 3 rings (SSSR count). The molecule has 0 aliphatic heterocycles. The van der Waals surface area contributed by atoms with Gasteiger partial charge in [-0.05, 0) is 66.6 Å². The van der Waals surface area contributed by atoms with Crippen LogP contribution in [-0.2, 0) is 13.0 Å². The summed E-state index contributed by atoms with van der Waals surface area (Å²) in [5, 5.41) is 0. The van der Waals surface area contributed by atoms with Gasteiger partial charge in [-0.1, -0.05) is 24.3 Å². The molecule has 0 fully saturated rings. The van der Waals surface area contributed by atoms with Crippen molar-refractivity contribution < 1.29 is 4.74 Å². The number of nitrogens with two attached hydrogens (primary N) is 1. The Kier molecular flexibility index (Phi) is 3.49. The predicted octanol–water partition coefficient (Wildman–Crippen LogP) is 3.83. The summed E-state index contributed by atoms with van der Waals surface area (Å²) >= 11 is 0. The molecule has 0 spiro atoms. The van der Waals surface area contributed by atoms with E-state index in [4.69, 9.17) is 10.5 Å². The fraction of sp³-hybridized carbons (Fsp3) is 0.333. The number of ether oxygens (including phenoxy) is 1. The Labute approximate surface area is 120 Å². The molecule has 0 saturated carbocycles. The minimum Gasteiger partial charge on any atom is -0.489 e. The van der Waals surface area contributed by atoms with Crippen LogP contribution in [0.15, 0.2) is 36.4 Å². The van der Waals surface area contributed by atoms with E-state index < -0.39 is 0 Å². The van der Waals surface area contributed by atoms with Crippen molar-refractivity contribution in [3.05, 3.63) is 64.2 Å². The molecule has 0 saturated heterocycles. The average molecular weight is 267 g/mol. The Morgan fingerprint density at radius 3 is 2.65 bits per heavy atom. The van der Waals surface area contributed by atoms with E-state index in [0.717, 1.165) is 18.6 Å². The standard InChI is InChI=1S/C18H21NO/c1-12-4-3-5-13(2)17(12)11-20-15-7-8-16-14(10-15)6-9-18(16)19/h3-5,7-8,10,18H,6,9,11,19H2,1-2H3/t18-/m0/s1. The molecule has 2 nitrogen and oxygen atoms in total. The summed E-state index contributed by atoms with van der Waals surface area (Å²) < 4.78 is 5.97. The molecular formula is C18H21NO. The summed E-state index contributed by atoms with van der Waals surface area (Å²) in [5.74, 6) is 0.945. The first-order chi connectivity index (χ1) is 9.65. The summed E-state index contributed by atoms with van der Waals surface area (Å²) in [6.45, 7) is 4.89. The zero-order valence-corrected chi connectivity index (χ0v) is 12.1. The topological polar surface area (TPSA) is 35.2 Å². The second kappa shape index (κ2) is 5.29. The van der Waals surface area contributed by atoms with Crippen LogP contribution in [0.3, 0.4) is 0 Å². The van der Waals surface area contributed by atoms with Gasteiger partial charge in [-0.3, -0.25) is 0 Å². The highest BCUT2D eigenvalue weighted by Gasteiger charge is 2.19. The Morgan fingerprint density at radius 1 is 1.15 bits per heavy atom. The van der Waals surface area contributed by atoms with Gasteiger partial charge < -0.3 is 10.5 Å². The monoisotopic (exact) mass is 267 g/mol. The smallest absolute Gasteiger partial charge is 0.120 e. The lowest BCUT2D eigenvalue weighted by atomic mass is 10.0. The van der Waals surface area contributed by atoms with Crippen molar-refractivity contribution in [2.24, 2.45) is 5.73 Å². The lowest BCUT2D eigenvalue weighted by molar-refractivity contribution is 0.304. The van der Waals surface area contributed by atoms with E-state index in [1.165, 1.54) is 27.8 Å². The molecule has 0 heterocycles. The van der Waals surface area contributed by atoms with Crippen molar-refractivity contribution in [1.29, 1.82) is 0 Å². The first-order valence-corrected chi connectivity index (χ1v) is 7.21. The number of hydrogen-bond acceptors (Lipinski definition) is 2. The highest BCUT2D eigenvalue weighted by Crippen LogP contribution is 2.32. The van der Waals surface area contributed by atoms with Crippen LogP contribution in [0.5, 0.6) is 5.75 Å². The summed E-state index contributed by atoms with van der Waals surface area (Å²) in [6, 6.07) is 12.9. The lowest BCUT2D eigenvalue weighted by Crippen LogP contribution is -2.05. The van der Waals surface area contributed by atoms with Crippen molar-refractivity contribution >= 4 is 0 Å². The fourth-order valence-electron chi connectivity index (χ4n) is 2.95. The molecule has 0 amide bonds. The molecule has 2 aromatic carbocycles. The average Bonchev–Trinajstić information content (AvgIpc) is 2.79. The third-order valence-corrected chi connectivity index (χ3v) is 4.27. The van der Waals surface area contributed by atoms with Gasteiger partial charge in [0, 0.05) is 6.04 Å². The maximum Gasteiger partial charge on any atom is 0.120 e. The normalized spacial score (nSPS) is 17.1. The van der Waals surface area contributed by atoms with Crippen molar-refractivity contribution in [2.75, 3.05) is 0 Å². The van der Waals surface area contributed by atoms with Crippen molar-refractivity contribution in [3.8, 4) is 5.75 Å². The lowest BCUT2D eigenvalue weighted by Gasteiger charge is -2.12. The zero-order valence-electron chi connectivity index (χ0n) is 12.1. The van der Waals surface area contributed by atoms with Gasteiger partial charge in [-0.2, -0.15) is 0 Å². The number of benzene rings is 2. The molecule has 0 bridgehead atoms. The van der Waals surface area contributed by atoms with Gasteiger partial charge in [-0.25, -0.2) is 0 Å². The molecule has 2 aromatic rings. The van der Waals surface area contributed by atoms with Gasteiger partial charge in [0.25, 0.3) is 0 Å². The molecule has 20 heavy (non-hydrogen) atoms. The second-order valence-electron chi connectivity index (χ2n) is 5.66. The van der Waals surface area contributed by atoms with Crippen LogP contribution < -0.4 is 10.5 Å². The second-order valence-corrected chi connectivity index (χ2v) is 5.66. The van der Waals surface area contributed by atoms with Crippen molar-refractivity contribution in [3.63, 3.8) is 0 Å². The van der Waals surface area contributed by atoms with Crippen LogP contribution in [0.4, 0.5) is 0 Å². The molecule has 0 aromatic heterocycles. The first-order valence-electron chi connectivity index (χ1n) is 7.21. The van der Waals surface area contributed by atoms with Gasteiger partial charge >= 0.3 is 0 Å². The minimum atomic E-state index is 0.206. The first kappa shape index (κ1) is 13.2. The molecular weight excluding hydrogens is 246 g/mol. The fourth-order valence-corrected chi connectivity index (χ4v) is 2.95. The summed E-state index contributed by atoms with van der Waals surface area (Å²) in [4.78, 5) is 0. The van der Waals surface area contributed by atoms with E-state index in [-0.39, 0.29) is 6.04 Å². The largest absolute Gasteiger partial charge is 0.489 e. The van der Waals surface area contributed by atoms with Gasteiger partial charge in [0.1, 0.15) is 12.4 Å². The van der Waals surface area contributed by atoms with Gasteiger partial charge in [0.15, 0.2) is 0 Å². The molecule has 1 aliphatic rings. The van der Waals surface area contributed by atoms with E-state index in [9.17, 15) is 0 Å². The highest BCUT2D eigenvalue weighted by molar-refractivity contribution is 5.41. The Bertz CT molecular complexity index is 613. The molecule has 104 valence electrons. The predicted molar refractivity (Wildman–Crippen MR) is 81.9 cm³/mol. The number of fused-ring (bicyclic) bond motifs is 1. The molecule has 1 atom stereocenters. The number of hydrogen-bond donors (Lipinski definition) is 1. The van der Waals surface area contributed by atoms with Crippen LogP contribution >= 0.6 is 0 Å². The van der Waals surface area contributed by atoms with E-state index in [0.29, 0.717) is 6.61 Å². The zero-order chi connectivity index (χ0) is 14.1. The van der Waals surface area contributed by atoms with E-state index in [1.54, 1.807) is 0 Å². The number of aryl methyl sites for hydroxylation is 3. The van der Waals surface area contributed by atoms with E-state index in [2.05, 4.69) is 44.2 Å². The van der Waals surface area contributed by atoms with E-state index >= 15 is 0 Å². The van der Waals surface area contributed by atoms with Gasteiger partial charge in [0.05, 0.1) is 0 Å². The van der Waals surface area contributed by atoms with Crippen LogP contribution in [-0.4, -0.2) is 0 Å². The Hall–Kier alpha value is -1.80. The SMILES string of the molecule is Cc1cccc(C)c1COc1ccc2c(c1)CC[C@@H]2N.